The second-order valence-electron chi connectivity index (χ2n) is 4.74. The molecule has 0 amide bonds. The fraction of sp³-hybridized carbons (Fsp3) is 0.0625. The first kappa shape index (κ1) is 15.1. The number of carbonyl (C=O) groups excluding carboxylic acids is 1. The Morgan fingerprint density at radius 1 is 1.04 bits per heavy atom. The normalized spacial score (nSPS) is 11.3. The Morgan fingerprint density at radius 2 is 1.78 bits per heavy atom. The summed E-state index contributed by atoms with van der Waals surface area (Å²) in [5.74, 6) is -0.914. The van der Waals surface area contributed by atoms with Crippen LogP contribution in [0.2, 0.25) is 0 Å². The van der Waals surface area contributed by atoms with Crippen molar-refractivity contribution < 1.29 is 22.4 Å². The zero-order chi connectivity index (χ0) is 16.4. The first-order valence-electron chi connectivity index (χ1n) is 6.70. The van der Waals surface area contributed by atoms with Crippen LogP contribution in [0, 0.1) is 0 Å². The summed E-state index contributed by atoms with van der Waals surface area (Å²) >= 11 is 0. The maximum absolute atomic E-state index is 12.4. The van der Waals surface area contributed by atoms with Crippen LogP contribution in [0.4, 0.5) is 5.69 Å². The van der Waals surface area contributed by atoms with Crippen molar-refractivity contribution in [1.29, 1.82) is 0 Å². The molecule has 0 unspecified atom stereocenters. The third kappa shape index (κ3) is 2.91. The monoisotopic (exact) mass is 331 g/mol. The SMILES string of the molecule is COC(=O)c1ccc(S(=O)(=O)Nc2cccc3ccccc23)o1. The molecule has 1 N–H and O–H groups in total. The minimum atomic E-state index is -3.95. The number of benzene rings is 2. The number of anilines is 1. The Hall–Kier alpha value is -2.80. The zero-order valence-electron chi connectivity index (χ0n) is 12.1. The molecule has 2 aromatic carbocycles. The summed E-state index contributed by atoms with van der Waals surface area (Å²) < 4.78 is 36.8. The number of rotatable bonds is 4. The van der Waals surface area contributed by atoms with Gasteiger partial charge in [-0.05, 0) is 23.6 Å². The van der Waals surface area contributed by atoms with Crippen LogP contribution in [-0.2, 0) is 14.8 Å². The van der Waals surface area contributed by atoms with Gasteiger partial charge < -0.3 is 9.15 Å². The third-order valence-corrected chi connectivity index (χ3v) is 4.50. The highest BCUT2D eigenvalue weighted by Gasteiger charge is 2.22. The molecule has 3 aromatic rings. The molecule has 1 heterocycles. The number of hydrogen-bond acceptors (Lipinski definition) is 5. The summed E-state index contributed by atoms with van der Waals surface area (Å²) in [5.41, 5.74) is 0.430. The van der Waals surface area contributed by atoms with E-state index in [9.17, 15) is 13.2 Å². The number of sulfonamides is 1. The molecule has 0 saturated heterocycles. The highest BCUT2D eigenvalue weighted by atomic mass is 32.2. The molecule has 0 radical (unpaired) electrons. The number of methoxy groups -OCH3 is 1. The van der Waals surface area contributed by atoms with Crippen LogP contribution in [0.3, 0.4) is 0 Å². The number of furan rings is 1. The van der Waals surface area contributed by atoms with Gasteiger partial charge in [0.2, 0.25) is 10.9 Å². The number of nitrogens with one attached hydrogen (secondary N) is 1. The van der Waals surface area contributed by atoms with Crippen molar-refractivity contribution in [2.45, 2.75) is 5.09 Å². The predicted octanol–water partition coefficient (Wildman–Crippen LogP) is 3.02. The van der Waals surface area contributed by atoms with Gasteiger partial charge in [0.05, 0.1) is 12.8 Å². The van der Waals surface area contributed by atoms with Crippen molar-refractivity contribution in [2.24, 2.45) is 0 Å². The van der Waals surface area contributed by atoms with Crippen LogP contribution in [0.1, 0.15) is 10.6 Å². The van der Waals surface area contributed by atoms with E-state index >= 15 is 0 Å². The Balaban J connectivity index is 1.97. The lowest BCUT2D eigenvalue weighted by molar-refractivity contribution is 0.0559. The number of carbonyl (C=O) groups is 1. The van der Waals surface area contributed by atoms with Gasteiger partial charge >= 0.3 is 5.97 Å². The number of ether oxygens (including phenoxy) is 1. The van der Waals surface area contributed by atoms with Gasteiger partial charge in [0.1, 0.15) is 0 Å². The van der Waals surface area contributed by atoms with E-state index in [-0.39, 0.29) is 10.9 Å². The molecule has 0 aliphatic carbocycles. The van der Waals surface area contributed by atoms with Crippen LogP contribution in [0.25, 0.3) is 10.8 Å². The smallest absolute Gasteiger partial charge is 0.374 e. The summed E-state index contributed by atoms with van der Waals surface area (Å²) in [7, 11) is -2.76. The highest BCUT2D eigenvalue weighted by molar-refractivity contribution is 7.92. The highest BCUT2D eigenvalue weighted by Crippen LogP contribution is 2.26. The molecule has 118 valence electrons. The van der Waals surface area contributed by atoms with Gasteiger partial charge in [0.15, 0.2) is 0 Å². The lowest BCUT2D eigenvalue weighted by Crippen LogP contribution is -2.12. The molecule has 1 aromatic heterocycles. The predicted molar refractivity (Wildman–Crippen MR) is 84.8 cm³/mol. The number of fused-ring (bicyclic) bond motifs is 1. The van der Waals surface area contributed by atoms with Crippen LogP contribution in [-0.4, -0.2) is 21.5 Å². The van der Waals surface area contributed by atoms with E-state index in [4.69, 9.17) is 4.42 Å². The van der Waals surface area contributed by atoms with Crippen molar-refractivity contribution in [2.75, 3.05) is 11.8 Å². The van der Waals surface area contributed by atoms with E-state index in [0.717, 1.165) is 10.8 Å². The summed E-state index contributed by atoms with van der Waals surface area (Å²) in [6.45, 7) is 0. The van der Waals surface area contributed by atoms with E-state index in [2.05, 4.69) is 9.46 Å². The number of esters is 1. The summed E-state index contributed by atoms with van der Waals surface area (Å²) in [5, 5.41) is 1.31. The van der Waals surface area contributed by atoms with E-state index in [1.165, 1.54) is 19.2 Å². The maximum atomic E-state index is 12.4. The first-order chi connectivity index (χ1) is 11.0. The molecule has 23 heavy (non-hydrogen) atoms. The fourth-order valence-electron chi connectivity index (χ4n) is 2.18. The van der Waals surface area contributed by atoms with Gasteiger partial charge in [-0.3, -0.25) is 4.72 Å². The number of hydrogen-bond donors (Lipinski definition) is 1. The topological polar surface area (TPSA) is 85.6 Å². The van der Waals surface area contributed by atoms with Gasteiger partial charge in [0, 0.05) is 5.39 Å². The van der Waals surface area contributed by atoms with Crippen molar-refractivity contribution in [3.8, 4) is 0 Å². The molecule has 0 spiro atoms. The molecule has 7 heteroatoms. The molecular weight excluding hydrogens is 318 g/mol. The lowest BCUT2D eigenvalue weighted by atomic mass is 10.1. The maximum Gasteiger partial charge on any atom is 0.374 e. The van der Waals surface area contributed by atoms with Crippen molar-refractivity contribution in [3.05, 3.63) is 60.4 Å². The molecule has 0 fully saturated rings. The largest absolute Gasteiger partial charge is 0.463 e. The molecule has 0 aliphatic rings. The Bertz CT molecular complexity index is 970. The van der Waals surface area contributed by atoms with E-state index < -0.39 is 16.0 Å². The second kappa shape index (κ2) is 5.77. The molecule has 0 aliphatic heterocycles. The fourth-order valence-corrected chi connectivity index (χ4v) is 3.20. The van der Waals surface area contributed by atoms with Crippen LogP contribution in [0.15, 0.2) is 64.1 Å². The third-order valence-electron chi connectivity index (χ3n) is 3.27. The van der Waals surface area contributed by atoms with Gasteiger partial charge in [-0.15, -0.1) is 0 Å². The van der Waals surface area contributed by atoms with Gasteiger partial charge in [-0.1, -0.05) is 36.4 Å². The Labute approximate surface area is 132 Å². The Kier molecular flexibility index (Phi) is 3.79. The molecule has 3 rings (SSSR count). The van der Waals surface area contributed by atoms with Crippen LogP contribution in [0.5, 0.6) is 0 Å². The van der Waals surface area contributed by atoms with Crippen LogP contribution < -0.4 is 4.72 Å². The Morgan fingerprint density at radius 3 is 2.57 bits per heavy atom. The standard InChI is InChI=1S/C16H13NO5S/c1-21-16(18)14-9-10-15(22-14)23(19,20)17-13-8-4-6-11-5-2-3-7-12(11)13/h2-10,17H,1H3. The quantitative estimate of drug-likeness (QED) is 0.743. The zero-order valence-corrected chi connectivity index (χ0v) is 13.0. The minimum absolute atomic E-state index is 0.175. The molecule has 6 nitrogen and oxygen atoms in total. The minimum Gasteiger partial charge on any atom is -0.463 e. The van der Waals surface area contributed by atoms with Crippen LogP contribution >= 0.6 is 0 Å². The van der Waals surface area contributed by atoms with Crippen molar-refractivity contribution >= 4 is 32.5 Å². The molecule has 0 atom stereocenters. The van der Waals surface area contributed by atoms with Crippen molar-refractivity contribution in [3.63, 3.8) is 0 Å². The summed E-state index contributed by atoms with van der Waals surface area (Å²) in [6, 6.07) is 15.1. The van der Waals surface area contributed by atoms with E-state index in [1.807, 2.05) is 30.3 Å². The van der Waals surface area contributed by atoms with Crippen molar-refractivity contribution in [1.82, 2.24) is 0 Å². The van der Waals surface area contributed by atoms with Gasteiger partial charge in [-0.2, -0.15) is 8.42 Å². The lowest BCUT2D eigenvalue weighted by Gasteiger charge is -2.09. The average molecular weight is 331 g/mol. The molecule has 0 saturated carbocycles. The van der Waals surface area contributed by atoms with E-state index in [1.54, 1.807) is 12.1 Å². The van der Waals surface area contributed by atoms with Gasteiger partial charge in [-0.25, -0.2) is 4.79 Å². The average Bonchev–Trinajstić information content (AvgIpc) is 3.05. The summed E-state index contributed by atoms with van der Waals surface area (Å²) in [6.07, 6.45) is 0. The van der Waals surface area contributed by atoms with E-state index in [0.29, 0.717) is 5.69 Å². The second-order valence-corrected chi connectivity index (χ2v) is 6.36. The molecular formula is C16H13NO5S. The molecule has 0 bridgehead atoms. The first-order valence-corrected chi connectivity index (χ1v) is 8.18. The summed E-state index contributed by atoms with van der Waals surface area (Å²) in [4.78, 5) is 11.4. The van der Waals surface area contributed by atoms with Gasteiger partial charge in [0.25, 0.3) is 10.0 Å².